The van der Waals surface area contributed by atoms with E-state index in [9.17, 15) is 8.42 Å². The van der Waals surface area contributed by atoms with Crippen molar-refractivity contribution >= 4 is 21.8 Å². The molecule has 0 spiro atoms. The Kier molecular flexibility index (Phi) is 5.68. The van der Waals surface area contributed by atoms with Crippen LogP contribution in [0.1, 0.15) is 0 Å². The fourth-order valence-corrected chi connectivity index (χ4v) is 5.78. The van der Waals surface area contributed by atoms with Gasteiger partial charge in [0, 0.05) is 65.0 Å². The molecule has 2 fully saturated rings. The average molecular weight is 405 g/mol. The minimum Gasteiger partial charge on any atom is -0.309 e. The van der Waals surface area contributed by atoms with Gasteiger partial charge in [0.2, 0.25) is 0 Å². The molecular weight excluding hydrogens is 376 g/mol. The van der Waals surface area contributed by atoms with Crippen LogP contribution in [0.4, 0.5) is 0 Å². The molecule has 148 valence electrons. The number of nitrogens with zero attached hydrogens (tertiary/aromatic N) is 6. The predicted molar refractivity (Wildman–Crippen MR) is 102 cm³/mol. The van der Waals surface area contributed by atoms with Crippen LogP contribution in [-0.2, 0) is 16.8 Å². The molecule has 2 aliphatic heterocycles. The third kappa shape index (κ3) is 3.93. The SMILES string of the molecule is CN(C)C[C@]12CN(CCn3cc(Cl)cn3)C[C@H]1CN(S(=O)(=O)N(C)C)C2. The highest BCUT2D eigenvalue weighted by Gasteiger charge is 2.55. The largest absolute Gasteiger partial charge is 0.309 e. The molecule has 10 heteroatoms. The molecular formula is C16H29ClN6O2S. The highest BCUT2D eigenvalue weighted by Crippen LogP contribution is 2.44. The Morgan fingerprint density at radius 2 is 1.96 bits per heavy atom. The molecule has 0 unspecified atom stereocenters. The normalized spacial score (nSPS) is 27.7. The average Bonchev–Trinajstić information content (AvgIpc) is 3.16. The number of fused-ring (bicyclic) bond motifs is 1. The van der Waals surface area contributed by atoms with E-state index in [1.165, 1.54) is 4.31 Å². The lowest BCUT2D eigenvalue weighted by atomic mass is 9.80. The minimum atomic E-state index is -3.36. The van der Waals surface area contributed by atoms with E-state index in [4.69, 9.17) is 11.6 Å². The predicted octanol–water partition coefficient (Wildman–Crippen LogP) is 0.138. The molecule has 3 rings (SSSR count). The summed E-state index contributed by atoms with van der Waals surface area (Å²) in [4.78, 5) is 4.61. The lowest BCUT2D eigenvalue weighted by Crippen LogP contribution is -2.45. The van der Waals surface area contributed by atoms with Crippen LogP contribution in [-0.4, -0.2) is 104 Å². The lowest BCUT2D eigenvalue weighted by molar-refractivity contribution is 0.177. The zero-order valence-corrected chi connectivity index (χ0v) is 17.5. The quantitative estimate of drug-likeness (QED) is 0.646. The van der Waals surface area contributed by atoms with E-state index >= 15 is 0 Å². The number of halogens is 1. The molecule has 0 bridgehead atoms. The van der Waals surface area contributed by atoms with Crippen LogP contribution in [0.25, 0.3) is 0 Å². The van der Waals surface area contributed by atoms with Crippen molar-refractivity contribution in [3.8, 4) is 0 Å². The van der Waals surface area contributed by atoms with E-state index in [0.717, 1.165) is 32.7 Å². The summed E-state index contributed by atoms with van der Waals surface area (Å²) in [6.45, 7) is 5.58. The molecule has 26 heavy (non-hydrogen) atoms. The molecule has 0 aromatic carbocycles. The Hall–Kier alpha value is -0.710. The standard InChI is InChI=1S/C16H29ClN6O2S/c1-19(2)11-16-12-21(5-6-22-10-15(17)7-18-22)8-14(16)9-23(13-16)26(24,25)20(3)4/h7,10,14H,5-6,8-9,11-13H2,1-4H3/t14-,16+/m0/s1. The van der Waals surface area contributed by atoms with Crippen LogP contribution in [0, 0.1) is 11.3 Å². The van der Waals surface area contributed by atoms with Crippen molar-refractivity contribution in [2.75, 3.05) is 67.5 Å². The Morgan fingerprint density at radius 1 is 1.23 bits per heavy atom. The van der Waals surface area contributed by atoms with E-state index in [0.29, 0.717) is 24.0 Å². The zero-order valence-electron chi connectivity index (χ0n) is 16.0. The first-order chi connectivity index (χ1) is 12.1. The van der Waals surface area contributed by atoms with Gasteiger partial charge in [0.05, 0.1) is 17.8 Å². The van der Waals surface area contributed by atoms with E-state index in [1.54, 1.807) is 24.6 Å². The van der Waals surface area contributed by atoms with Gasteiger partial charge in [-0.3, -0.25) is 4.68 Å². The molecule has 2 aliphatic rings. The number of hydrogen-bond acceptors (Lipinski definition) is 5. The summed E-state index contributed by atoms with van der Waals surface area (Å²) in [5.74, 6) is 0.348. The number of hydrogen-bond donors (Lipinski definition) is 0. The maximum absolute atomic E-state index is 12.6. The smallest absolute Gasteiger partial charge is 0.281 e. The fraction of sp³-hybridized carbons (Fsp3) is 0.812. The molecule has 3 heterocycles. The van der Waals surface area contributed by atoms with Crippen molar-refractivity contribution in [1.82, 2.24) is 28.2 Å². The number of likely N-dealkylation sites (tertiary alicyclic amines) is 1. The summed E-state index contributed by atoms with van der Waals surface area (Å²) < 4.78 is 30.0. The number of rotatable bonds is 7. The van der Waals surface area contributed by atoms with Gasteiger partial charge in [-0.05, 0) is 20.0 Å². The lowest BCUT2D eigenvalue weighted by Gasteiger charge is -2.32. The molecule has 1 aromatic heterocycles. The van der Waals surface area contributed by atoms with Crippen LogP contribution < -0.4 is 0 Å². The second-order valence-electron chi connectivity index (χ2n) is 8.04. The van der Waals surface area contributed by atoms with Crippen molar-refractivity contribution in [3.63, 3.8) is 0 Å². The molecule has 0 aliphatic carbocycles. The molecule has 8 nitrogen and oxygen atoms in total. The molecule has 0 N–H and O–H groups in total. The van der Waals surface area contributed by atoms with Crippen LogP contribution in [0.3, 0.4) is 0 Å². The van der Waals surface area contributed by atoms with Crippen LogP contribution >= 0.6 is 11.6 Å². The molecule has 1 aromatic rings. The molecule has 2 saturated heterocycles. The van der Waals surface area contributed by atoms with Crippen molar-refractivity contribution in [3.05, 3.63) is 17.4 Å². The molecule has 0 radical (unpaired) electrons. The van der Waals surface area contributed by atoms with E-state index in [2.05, 4.69) is 29.0 Å². The summed E-state index contributed by atoms with van der Waals surface area (Å²) in [6, 6.07) is 0. The van der Waals surface area contributed by atoms with Crippen LogP contribution in [0.2, 0.25) is 5.02 Å². The van der Waals surface area contributed by atoms with E-state index in [-0.39, 0.29) is 5.41 Å². The van der Waals surface area contributed by atoms with E-state index in [1.807, 2.05) is 10.9 Å². The second-order valence-corrected chi connectivity index (χ2v) is 10.6. The minimum absolute atomic E-state index is 0.0195. The van der Waals surface area contributed by atoms with E-state index < -0.39 is 10.2 Å². The van der Waals surface area contributed by atoms with Crippen LogP contribution in [0.5, 0.6) is 0 Å². The number of aromatic nitrogens is 2. The van der Waals surface area contributed by atoms with Gasteiger partial charge in [0.25, 0.3) is 10.2 Å². The fourth-order valence-electron chi connectivity index (χ4n) is 4.38. The highest BCUT2D eigenvalue weighted by molar-refractivity contribution is 7.86. The molecule has 2 atom stereocenters. The Bertz CT molecular complexity index is 737. The van der Waals surface area contributed by atoms with Gasteiger partial charge in [-0.1, -0.05) is 11.6 Å². The zero-order chi connectivity index (χ0) is 19.1. The van der Waals surface area contributed by atoms with Gasteiger partial charge < -0.3 is 9.80 Å². The molecule has 0 amide bonds. The topological polar surface area (TPSA) is 64.9 Å². The summed E-state index contributed by atoms with van der Waals surface area (Å²) >= 11 is 5.93. The molecule has 0 saturated carbocycles. The maximum Gasteiger partial charge on any atom is 0.281 e. The van der Waals surface area contributed by atoms with Crippen molar-refractivity contribution in [2.45, 2.75) is 6.54 Å². The maximum atomic E-state index is 12.6. The van der Waals surface area contributed by atoms with Crippen LogP contribution in [0.15, 0.2) is 12.4 Å². The van der Waals surface area contributed by atoms with Gasteiger partial charge in [-0.25, -0.2) is 0 Å². The van der Waals surface area contributed by atoms with Gasteiger partial charge in [-0.2, -0.15) is 22.1 Å². The summed E-state index contributed by atoms with van der Waals surface area (Å²) in [7, 11) is 3.96. The summed E-state index contributed by atoms with van der Waals surface area (Å²) in [5.41, 5.74) is -0.0195. The van der Waals surface area contributed by atoms with Crippen molar-refractivity contribution in [2.24, 2.45) is 11.3 Å². The second kappa shape index (κ2) is 7.37. The monoisotopic (exact) mass is 404 g/mol. The first kappa shape index (κ1) is 20.0. The first-order valence-corrected chi connectivity index (χ1v) is 10.6. The third-order valence-corrected chi connectivity index (χ3v) is 7.51. The Labute approximate surface area is 161 Å². The van der Waals surface area contributed by atoms with Gasteiger partial charge in [0.15, 0.2) is 0 Å². The Morgan fingerprint density at radius 3 is 2.54 bits per heavy atom. The third-order valence-electron chi connectivity index (χ3n) is 5.46. The van der Waals surface area contributed by atoms with Crippen molar-refractivity contribution in [1.29, 1.82) is 0 Å². The van der Waals surface area contributed by atoms with Gasteiger partial charge >= 0.3 is 0 Å². The van der Waals surface area contributed by atoms with Gasteiger partial charge in [0.1, 0.15) is 0 Å². The highest BCUT2D eigenvalue weighted by atomic mass is 35.5. The van der Waals surface area contributed by atoms with Crippen molar-refractivity contribution < 1.29 is 8.42 Å². The van der Waals surface area contributed by atoms with Gasteiger partial charge in [-0.15, -0.1) is 0 Å². The summed E-state index contributed by atoms with van der Waals surface area (Å²) in [5, 5.41) is 4.89. The summed E-state index contributed by atoms with van der Waals surface area (Å²) in [6.07, 6.45) is 3.48. The Balaban J connectivity index is 1.69. The first-order valence-electron chi connectivity index (χ1n) is 8.85.